The molecule has 0 aliphatic rings. The molecular weight excluding hydrogens is 404 g/mol. The largest absolute Gasteiger partial charge is 0.457 e. The molecule has 0 spiro atoms. The molecule has 0 unspecified atom stereocenters. The number of hydrogen-bond donors (Lipinski definition) is 1. The van der Waals surface area contributed by atoms with Gasteiger partial charge in [-0.1, -0.05) is 63.2 Å². The predicted octanol–water partition coefficient (Wildman–Crippen LogP) is 6.76. The van der Waals surface area contributed by atoms with E-state index in [4.69, 9.17) is 4.74 Å². The first-order valence-corrected chi connectivity index (χ1v) is 10.9. The zero-order chi connectivity index (χ0) is 21.8. The van der Waals surface area contributed by atoms with Gasteiger partial charge in [0.2, 0.25) is 0 Å². The first kappa shape index (κ1) is 20.8. The molecule has 5 heteroatoms. The molecule has 4 aromatic rings. The highest BCUT2D eigenvalue weighted by Gasteiger charge is 2.13. The number of benzene rings is 3. The molecule has 0 atom stereocenters. The summed E-state index contributed by atoms with van der Waals surface area (Å²) in [5.41, 5.74) is 4.80. The molecule has 0 aliphatic carbocycles. The van der Waals surface area contributed by atoms with E-state index < -0.39 is 0 Å². The first-order valence-electron chi connectivity index (χ1n) is 10.1. The quantitative estimate of drug-likeness (QED) is 0.282. The van der Waals surface area contributed by atoms with Crippen molar-refractivity contribution in [2.24, 2.45) is 5.10 Å². The van der Waals surface area contributed by atoms with Gasteiger partial charge in [0.15, 0.2) is 0 Å². The van der Waals surface area contributed by atoms with E-state index in [1.165, 1.54) is 16.9 Å². The second-order valence-corrected chi connectivity index (χ2v) is 9.38. The van der Waals surface area contributed by atoms with Crippen LogP contribution in [0, 0.1) is 0 Å². The van der Waals surface area contributed by atoms with E-state index in [1.54, 1.807) is 6.21 Å². The van der Waals surface area contributed by atoms with Crippen LogP contribution in [-0.4, -0.2) is 12.1 Å². The van der Waals surface area contributed by atoms with Gasteiger partial charge in [-0.25, -0.2) is 5.43 Å². The number of nitrogens with one attached hydrogen (secondary N) is 1. The molecule has 156 valence electrons. The van der Waals surface area contributed by atoms with E-state index in [1.807, 2.05) is 66.7 Å². The van der Waals surface area contributed by atoms with E-state index in [-0.39, 0.29) is 11.3 Å². The highest BCUT2D eigenvalue weighted by atomic mass is 32.1. The molecule has 0 fully saturated rings. The average molecular weight is 429 g/mol. The molecule has 1 N–H and O–H groups in total. The maximum absolute atomic E-state index is 12.4. The van der Waals surface area contributed by atoms with Crippen LogP contribution in [0.5, 0.6) is 11.5 Å². The molecule has 0 radical (unpaired) electrons. The van der Waals surface area contributed by atoms with Crippen LogP contribution in [0.25, 0.3) is 10.1 Å². The number of hydrazone groups is 1. The lowest BCUT2D eigenvalue weighted by atomic mass is 9.87. The lowest BCUT2D eigenvalue weighted by molar-refractivity contribution is 0.0959. The first-order chi connectivity index (χ1) is 14.9. The lowest BCUT2D eigenvalue weighted by Gasteiger charge is -2.19. The molecule has 0 bridgehead atoms. The number of fused-ring (bicyclic) bond motifs is 1. The summed E-state index contributed by atoms with van der Waals surface area (Å²) in [5, 5.41) is 5.16. The molecular formula is C26H24N2O2S. The molecule has 3 aromatic carbocycles. The Kier molecular flexibility index (Phi) is 5.87. The summed E-state index contributed by atoms with van der Waals surface area (Å²) < 4.78 is 7.05. The van der Waals surface area contributed by atoms with E-state index in [2.05, 4.69) is 43.4 Å². The van der Waals surface area contributed by atoms with E-state index in [0.717, 1.165) is 21.4 Å². The fourth-order valence-electron chi connectivity index (χ4n) is 3.13. The third kappa shape index (κ3) is 5.19. The zero-order valence-electron chi connectivity index (χ0n) is 17.8. The SMILES string of the molecule is CC(C)(C)c1ccc(Oc2cccc(C=NNC(=O)c3cc4ccccc4s3)c2)cc1. The molecule has 4 rings (SSSR count). The van der Waals surface area contributed by atoms with Gasteiger partial charge in [-0.3, -0.25) is 4.79 Å². The lowest BCUT2D eigenvalue weighted by Crippen LogP contribution is -2.16. The number of thiophene rings is 1. The van der Waals surface area contributed by atoms with Crippen LogP contribution in [0.3, 0.4) is 0 Å². The molecule has 0 aliphatic heterocycles. The maximum atomic E-state index is 12.4. The zero-order valence-corrected chi connectivity index (χ0v) is 18.6. The molecule has 0 saturated carbocycles. The van der Waals surface area contributed by atoms with Crippen molar-refractivity contribution < 1.29 is 9.53 Å². The number of carbonyl (C=O) groups excluding carboxylic acids is 1. The minimum Gasteiger partial charge on any atom is -0.457 e. The average Bonchev–Trinajstić information content (AvgIpc) is 3.18. The summed E-state index contributed by atoms with van der Waals surface area (Å²) in [6.45, 7) is 6.56. The summed E-state index contributed by atoms with van der Waals surface area (Å²) in [7, 11) is 0. The van der Waals surface area contributed by atoms with Gasteiger partial charge in [-0.05, 0) is 58.3 Å². The summed E-state index contributed by atoms with van der Waals surface area (Å²) in [4.78, 5) is 13.0. The van der Waals surface area contributed by atoms with E-state index in [0.29, 0.717) is 10.6 Å². The van der Waals surface area contributed by atoms with Gasteiger partial charge in [-0.15, -0.1) is 11.3 Å². The van der Waals surface area contributed by atoms with Crippen molar-refractivity contribution in [3.8, 4) is 11.5 Å². The molecule has 1 aromatic heterocycles. The van der Waals surface area contributed by atoms with Gasteiger partial charge in [0.1, 0.15) is 11.5 Å². The molecule has 1 amide bonds. The van der Waals surface area contributed by atoms with Crippen molar-refractivity contribution in [1.29, 1.82) is 0 Å². The Balaban J connectivity index is 1.39. The summed E-state index contributed by atoms with van der Waals surface area (Å²) in [6.07, 6.45) is 1.61. The molecule has 4 nitrogen and oxygen atoms in total. The van der Waals surface area contributed by atoms with E-state index in [9.17, 15) is 4.79 Å². The van der Waals surface area contributed by atoms with Crippen LogP contribution < -0.4 is 10.2 Å². The number of amides is 1. The highest BCUT2D eigenvalue weighted by Crippen LogP contribution is 2.27. The number of ether oxygens (including phenoxy) is 1. The Labute approximate surface area is 186 Å². The second-order valence-electron chi connectivity index (χ2n) is 8.30. The van der Waals surface area contributed by atoms with Gasteiger partial charge < -0.3 is 4.74 Å². The van der Waals surface area contributed by atoms with Crippen LogP contribution in [0.2, 0.25) is 0 Å². The Morgan fingerprint density at radius 2 is 1.71 bits per heavy atom. The van der Waals surface area contributed by atoms with Crippen molar-refractivity contribution in [1.82, 2.24) is 5.43 Å². The molecule has 0 saturated heterocycles. The normalized spacial score (nSPS) is 11.7. The number of hydrogen-bond acceptors (Lipinski definition) is 4. The van der Waals surface area contributed by atoms with Crippen molar-refractivity contribution in [2.75, 3.05) is 0 Å². The maximum Gasteiger partial charge on any atom is 0.281 e. The minimum atomic E-state index is -0.219. The summed E-state index contributed by atoms with van der Waals surface area (Å²) >= 11 is 1.45. The Morgan fingerprint density at radius 3 is 2.45 bits per heavy atom. The van der Waals surface area contributed by atoms with Gasteiger partial charge in [0.25, 0.3) is 5.91 Å². The van der Waals surface area contributed by atoms with Gasteiger partial charge in [-0.2, -0.15) is 5.10 Å². The number of rotatable bonds is 5. The number of nitrogens with zero attached hydrogens (tertiary/aromatic N) is 1. The van der Waals surface area contributed by atoms with Gasteiger partial charge in [0.05, 0.1) is 11.1 Å². The van der Waals surface area contributed by atoms with Crippen LogP contribution in [0.4, 0.5) is 0 Å². The molecule has 1 heterocycles. The molecule has 31 heavy (non-hydrogen) atoms. The Morgan fingerprint density at radius 1 is 0.935 bits per heavy atom. The summed E-state index contributed by atoms with van der Waals surface area (Å²) in [6, 6.07) is 25.5. The third-order valence-corrected chi connectivity index (χ3v) is 5.96. The minimum absolute atomic E-state index is 0.106. The topological polar surface area (TPSA) is 50.7 Å². The van der Waals surface area contributed by atoms with E-state index >= 15 is 0 Å². The Bertz CT molecular complexity index is 1200. The highest BCUT2D eigenvalue weighted by molar-refractivity contribution is 7.20. The number of carbonyl (C=O) groups is 1. The van der Waals surface area contributed by atoms with Gasteiger partial charge in [0, 0.05) is 4.70 Å². The smallest absolute Gasteiger partial charge is 0.281 e. The summed E-state index contributed by atoms with van der Waals surface area (Å²) in [5.74, 6) is 1.27. The van der Waals surface area contributed by atoms with Crippen molar-refractivity contribution in [3.05, 3.63) is 94.9 Å². The standard InChI is InChI=1S/C26H24N2O2S/c1-26(2,3)20-11-13-21(14-12-20)30-22-9-6-7-18(15-22)17-27-28-25(29)24-16-19-8-4-5-10-23(19)31-24/h4-17H,1-3H3,(H,28,29). The van der Waals surface area contributed by atoms with Crippen LogP contribution in [-0.2, 0) is 5.41 Å². The van der Waals surface area contributed by atoms with Crippen molar-refractivity contribution >= 4 is 33.5 Å². The predicted molar refractivity (Wildman–Crippen MR) is 129 cm³/mol. The second kappa shape index (κ2) is 8.74. The van der Waals surface area contributed by atoms with Crippen LogP contribution in [0.15, 0.2) is 84.0 Å². The fourth-order valence-corrected chi connectivity index (χ4v) is 4.08. The van der Waals surface area contributed by atoms with Crippen LogP contribution in [0.1, 0.15) is 41.6 Å². The monoisotopic (exact) mass is 428 g/mol. The Hall–Kier alpha value is -3.44. The van der Waals surface area contributed by atoms with Crippen molar-refractivity contribution in [3.63, 3.8) is 0 Å². The van der Waals surface area contributed by atoms with Crippen LogP contribution >= 0.6 is 11.3 Å². The van der Waals surface area contributed by atoms with Gasteiger partial charge >= 0.3 is 0 Å². The fraction of sp³-hybridized carbons (Fsp3) is 0.154. The third-order valence-electron chi connectivity index (χ3n) is 4.84. The van der Waals surface area contributed by atoms with Crippen molar-refractivity contribution in [2.45, 2.75) is 26.2 Å².